The van der Waals surface area contributed by atoms with Crippen molar-refractivity contribution in [3.63, 3.8) is 0 Å². The third kappa shape index (κ3) is 4.19. The molecule has 1 aromatic heterocycles. The Kier molecular flexibility index (Phi) is 5.84. The average Bonchev–Trinajstić information content (AvgIpc) is 3.07. The lowest BCUT2D eigenvalue weighted by Gasteiger charge is -2.28. The summed E-state index contributed by atoms with van der Waals surface area (Å²) >= 11 is 7.45. The normalized spacial score (nSPS) is 18.7. The molecule has 0 radical (unpaired) electrons. The molecule has 0 saturated carbocycles. The molecule has 112 valence electrons. The van der Waals surface area contributed by atoms with E-state index in [9.17, 15) is 4.79 Å². The highest BCUT2D eigenvalue weighted by Crippen LogP contribution is 2.22. The molecular formula is C14H22ClN3OS. The van der Waals surface area contributed by atoms with Crippen molar-refractivity contribution >= 4 is 28.8 Å². The van der Waals surface area contributed by atoms with Crippen LogP contribution in [0, 0.1) is 0 Å². The first kappa shape index (κ1) is 15.8. The second kappa shape index (κ2) is 7.41. The van der Waals surface area contributed by atoms with Crippen LogP contribution in [0.25, 0.3) is 0 Å². The van der Waals surface area contributed by atoms with Crippen LogP contribution in [-0.4, -0.2) is 55.0 Å². The third-order valence-electron chi connectivity index (χ3n) is 3.74. The first-order chi connectivity index (χ1) is 9.60. The Morgan fingerprint density at radius 1 is 1.55 bits per heavy atom. The molecule has 1 fully saturated rings. The number of amides is 1. The molecule has 1 aromatic rings. The summed E-state index contributed by atoms with van der Waals surface area (Å²) in [4.78, 5) is 17.5. The summed E-state index contributed by atoms with van der Waals surface area (Å²) in [6, 6.07) is 4.35. The van der Waals surface area contributed by atoms with Crippen molar-refractivity contribution in [3.05, 3.63) is 21.3 Å². The predicted octanol–water partition coefficient (Wildman–Crippen LogP) is 2.04. The number of halogens is 1. The van der Waals surface area contributed by atoms with Crippen LogP contribution in [0.5, 0.6) is 0 Å². The highest BCUT2D eigenvalue weighted by Gasteiger charge is 2.24. The van der Waals surface area contributed by atoms with Gasteiger partial charge in [-0.1, -0.05) is 18.5 Å². The van der Waals surface area contributed by atoms with Gasteiger partial charge in [-0.25, -0.2) is 0 Å². The summed E-state index contributed by atoms with van der Waals surface area (Å²) in [7, 11) is 1.86. The van der Waals surface area contributed by atoms with E-state index >= 15 is 0 Å². The van der Waals surface area contributed by atoms with E-state index in [1.165, 1.54) is 11.3 Å². The summed E-state index contributed by atoms with van der Waals surface area (Å²) in [5.41, 5.74) is 0. The molecule has 1 aliphatic heterocycles. The number of thiophene rings is 1. The Labute approximate surface area is 129 Å². The largest absolute Gasteiger partial charge is 0.340 e. The van der Waals surface area contributed by atoms with Crippen LogP contribution in [0.15, 0.2) is 12.1 Å². The zero-order valence-corrected chi connectivity index (χ0v) is 13.6. The zero-order valence-electron chi connectivity index (χ0n) is 12.1. The van der Waals surface area contributed by atoms with Gasteiger partial charge in [0.15, 0.2) is 0 Å². The van der Waals surface area contributed by atoms with E-state index in [4.69, 9.17) is 11.6 Å². The number of hydrogen-bond acceptors (Lipinski definition) is 4. The van der Waals surface area contributed by atoms with Gasteiger partial charge in [-0.05, 0) is 31.6 Å². The number of nitrogens with zero attached hydrogens (tertiary/aromatic N) is 2. The van der Waals surface area contributed by atoms with Crippen molar-refractivity contribution in [3.8, 4) is 0 Å². The third-order valence-corrected chi connectivity index (χ3v) is 4.96. The summed E-state index contributed by atoms with van der Waals surface area (Å²) < 4.78 is 0.771. The van der Waals surface area contributed by atoms with E-state index < -0.39 is 0 Å². The molecule has 0 aromatic carbocycles. The topological polar surface area (TPSA) is 35.6 Å². The van der Waals surface area contributed by atoms with Crippen LogP contribution in [0.3, 0.4) is 0 Å². The van der Waals surface area contributed by atoms with Crippen molar-refractivity contribution in [2.45, 2.75) is 25.9 Å². The molecule has 0 bridgehead atoms. The summed E-state index contributed by atoms with van der Waals surface area (Å²) in [5.74, 6) is 0.170. The van der Waals surface area contributed by atoms with Gasteiger partial charge >= 0.3 is 0 Å². The van der Waals surface area contributed by atoms with E-state index in [1.807, 2.05) is 19.2 Å². The fraction of sp³-hybridized carbons (Fsp3) is 0.643. The Morgan fingerprint density at radius 2 is 2.35 bits per heavy atom. The SMILES string of the molecule is CCN(CC(=O)N(C)Cc1ccc(Cl)s1)C1CCNC1. The van der Waals surface area contributed by atoms with Gasteiger partial charge in [0.1, 0.15) is 0 Å². The lowest BCUT2D eigenvalue weighted by molar-refractivity contribution is -0.132. The molecule has 1 unspecified atom stereocenters. The van der Waals surface area contributed by atoms with Crippen LogP contribution in [0.2, 0.25) is 4.34 Å². The lowest BCUT2D eigenvalue weighted by atomic mass is 10.2. The minimum absolute atomic E-state index is 0.170. The maximum absolute atomic E-state index is 12.3. The van der Waals surface area contributed by atoms with Crippen molar-refractivity contribution < 1.29 is 4.79 Å². The standard InChI is InChI=1S/C14H22ClN3OS/c1-3-18(11-6-7-16-8-11)10-14(19)17(2)9-12-4-5-13(15)20-12/h4-5,11,16H,3,6-10H2,1-2H3. The number of rotatable bonds is 6. The number of hydrogen-bond donors (Lipinski definition) is 1. The van der Waals surface area contributed by atoms with Crippen molar-refractivity contribution in [1.82, 2.24) is 15.1 Å². The highest BCUT2D eigenvalue weighted by atomic mass is 35.5. The van der Waals surface area contributed by atoms with E-state index in [2.05, 4.69) is 17.1 Å². The van der Waals surface area contributed by atoms with Gasteiger partial charge in [0, 0.05) is 24.5 Å². The average molecular weight is 316 g/mol. The Hall–Kier alpha value is -0.620. The predicted molar refractivity (Wildman–Crippen MR) is 84.3 cm³/mol. The summed E-state index contributed by atoms with van der Waals surface area (Å²) in [6.45, 7) is 6.21. The van der Waals surface area contributed by atoms with Gasteiger partial charge in [0.05, 0.1) is 17.4 Å². The Balaban J connectivity index is 1.85. The smallest absolute Gasteiger partial charge is 0.236 e. The first-order valence-corrected chi connectivity index (χ1v) is 8.22. The summed E-state index contributed by atoms with van der Waals surface area (Å²) in [6.07, 6.45) is 1.13. The van der Waals surface area contributed by atoms with Gasteiger partial charge in [-0.3, -0.25) is 9.69 Å². The molecule has 1 N–H and O–H groups in total. The van der Waals surface area contributed by atoms with Gasteiger partial charge in [-0.2, -0.15) is 0 Å². The molecule has 4 nitrogen and oxygen atoms in total. The summed E-state index contributed by atoms with van der Waals surface area (Å²) in [5, 5.41) is 3.35. The van der Waals surface area contributed by atoms with E-state index in [0.717, 1.165) is 35.3 Å². The Morgan fingerprint density at radius 3 is 2.90 bits per heavy atom. The minimum atomic E-state index is 0.170. The van der Waals surface area contributed by atoms with Crippen molar-refractivity contribution in [1.29, 1.82) is 0 Å². The number of likely N-dealkylation sites (N-methyl/N-ethyl adjacent to an activating group) is 2. The van der Waals surface area contributed by atoms with Gasteiger partial charge in [0.2, 0.25) is 5.91 Å². The molecule has 1 amide bonds. The second-order valence-corrected chi connectivity index (χ2v) is 6.96. The van der Waals surface area contributed by atoms with Crippen LogP contribution in [-0.2, 0) is 11.3 Å². The maximum atomic E-state index is 12.3. The fourth-order valence-corrected chi connectivity index (χ4v) is 3.64. The molecular weight excluding hydrogens is 294 g/mol. The van der Waals surface area contributed by atoms with E-state index in [1.54, 1.807) is 4.90 Å². The van der Waals surface area contributed by atoms with Crippen LogP contribution in [0.1, 0.15) is 18.2 Å². The lowest BCUT2D eigenvalue weighted by Crippen LogP contribution is -2.44. The molecule has 20 heavy (non-hydrogen) atoms. The van der Waals surface area contributed by atoms with Gasteiger partial charge < -0.3 is 10.2 Å². The van der Waals surface area contributed by atoms with Crippen molar-refractivity contribution in [2.24, 2.45) is 0 Å². The van der Waals surface area contributed by atoms with Crippen LogP contribution in [0.4, 0.5) is 0 Å². The van der Waals surface area contributed by atoms with Crippen LogP contribution < -0.4 is 5.32 Å². The Bertz CT molecular complexity index is 445. The van der Waals surface area contributed by atoms with Crippen molar-refractivity contribution in [2.75, 3.05) is 33.2 Å². The molecule has 1 saturated heterocycles. The number of nitrogens with one attached hydrogen (secondary N) is 1. The first-order valence-electron chi connectivity index (χ1n) is 7.03. The second-order valence-electron chi connectivity index (χ2n) is 5.17. The fourth-order valence-electron chi connectivity index (χ4n) is 2.50. The molecule has 0 spiro atoms. The monoisotopic (exact) mass is 315 g/mol. The molecule has 6 heteroatoms. The molecule has 1 aliphatic rings. The minimum Gasteiger partial charge on any atom is -0.340 e. The quantitative estimate of drug-likeness (QED) is 0.872. The molecule has 2 rings (SSSR count). The molecule has 2 heterocycles. The highest BCUT2D eigenvalue weighted by molar-refractivity contribution is 7.16. The van der Waals surface area contributed by atoms with Gasteiger partial charge in [-0.15, -0.1) is 11.3 Å². The van der Waals surface area contributed by atoms with Crippen LogP contribution >= 0.6 is 22.9 Å². The van der Waals surface area contributed by atoms with Gasteiger partial charge in [0.25, 0.3) is 0 Å². The van der Waals surface area contributed by atoms with E-state index in [-0.39, 0.29) is 5.91 Å². The maximum Gasteiger partial charge on any atom is 0.236 e. The molecule has 0 aliphatic carbocycles. The number of carbonyl (C=O) groups is 1. The van der Waals surface area contributed by atoms with E-state index in [0.29, 0.717) is 19.1 Å². The molecule has 1 atom stereocenters. The number of carbonyl (C=O) groups excluding carboxylic acids is 1. The zero-order chi connectivity index (χ0) is 14.5.